The van der Waals surface area contributed by atoms with Gasteiger partial charge in [-0.25, -0.2) is 0 Å². The van der Waals surface area contributed by atoms with Crippen molar-refractivity contribution in [2.75, 3.05) is 0 Å². The van der Waals surface area contributed by atoms with Crippen LogP contribution in [0.4, 0.5) is 0 Å². The van der Waals surface area contributed by atoms with Gasteiger partial charge >= 0.3 is 0 Å². The van der Waals surface area contributed by atoms with E-state index < -0.39 is 0 Å². The average Bonchev–Trinajstić information content (AvgIpc) is 4.55. The highest BCUT2D eigenvalue weighted by molar-refractivity contribution is 6.15. The Kier molecular flexibility index (Phi) is 9.64. The van der Waals surface area contributed by atoms with Crippen LogP contribution in [0.1, 0.15) is 0 Å². The molecule has 8 heteroatoms. The van der Waals surface area contributed by atoms with Gasteiger partial charge in [0.05, 0.1) is 55.2 Å². The molecule has 8 nitrogen and oxygen atoms in total. The molecule has 0 radical (unpaired) electrons. The van der Waals surface area contributed by atoms with E-state index in [9.17, 15) is 0 Å². The second-order valence-electron chi connectivity index (χ2n) is 21.6. The first-order valence-electron chi connectivity index (χ1n) is 28.2. The fourth-order valence-corrected chi connectivity index (χ4v) is 13.5. The van der Waals surface area contributed by atoms with Crippen LogP contribution in [-0.2, 0) is 0 Å². The number of benzene rings is 12. The van der Waals surface area contributed by atoms with E-state index in [0.29, 0.717) is 17.8 Å². The van der Waals surface area contributed by atoms with Crippen LogP contribution < -0.4 is 0 Å². The molecule has 0 spiro atoms. The quantitative estimate of drug-likeness (QED) is 0.160. The molecule has 0 bridgehead atoms. The minimum atomic E-state index is 0.491. The second kappa shape index (κ2) is 17.6. The average molecular weight is 1060 g/mol. The van der Waals surface area contributed by atoms with E-state index in [-0.39, 0.29) is 0 Å². The van der Waals surface area contributed by atoms with Gasteiger partial charge in [-0.05, 0) is 95.1 Å². The predicted octanol–water partition coefficient (Wildman–Crippen LogP) is 18.7. The van der Waals surface area contributed by atoms with E-state index in [1.807, 2.05) is 0 Å². The van der Waals surface area contributed by atoms with Crippen molar-refractivity contribution < 1.29 is 0 Å². The topological polar surface area (TPSA) is 63.3 Å². The van der Waals surface area contributed by atoms with Crippen molar-refractivity contribution in [1.82, 2.24) is 37.8 Å². The summed E-state index contributed by atoms with van der Waals surface area (Å²) in [6, 6.07) is 101. The van der Waals surface area contributed by atoms with Crippen molar-refractivity contribution in [3.05, 3.63) is 279 Å². The number of hydrogen-bond donors (Lipinski definition) is 0. The largest absolute Gasteiger partial charge is 0.309 e. The maximum absolute atomic E-state index is 5.74. The van der Waals surface area contributed by atoms with E-state index >= 15 is 0 Å². The van der Waals surface area contributed by atoms with E-state index in [4.69, 9.17) is 15.0 Å². The third kappa shape index (κ3) is 6.72. The van der Waals surface area contributed by atoms with Crippen LogP contribution in [0.3, 0.4) is 0 Å². The maximum atomic E-state index is 5.74. The lowest BCUT2D eigenvalue weighted by Gasteiger charge is -2.15. The number of rotatable bonds is 7. The molecule has 0 aliphatic heterocycles. The number of hydrogen-bond acceptors (Lipinski definition) is 3. The van der Waals surface area contributed by atoms with Crippen LogP contribution >= 0.6 is 0 Å². The zero-order chi connectivity index (χ0) is 54.3. The summed E-state index contributed by atoms with van der Waals surface area (Å²) < 4.78 is 11.6. The van der Waals surface area contributed by atoms with Crippen molar-refractivity contribution in [2.45, 2.75) is 0 Å². The Bertz CT molecular complexity index is 5250. The lowest BCUT2D eigenvalue weighted by molar-refractivity contribution is 0.847. The molecular formula is C75H46N8. The number of fused-ring (bicyclic) bond motifs is 15. The molecule has 0 aliphatic carbocycles. The van der Waals surface area contributed by atoms with Gasteiger partial charge in [0.2, 0.25) is 17.8 Å². The van der Waals surface area contributed by atoms with Gasteiger partial charge in [-0.3, -0.25) is 13.7 Å². The van der Waals surface area contributed by atoms with Crippen molar-refractivity contribution in [3.63, 3.8) is 0 Å². The third-order valence-corrected chi connectivity index (χ3v) is 17.2. The van der Waals surface area contributed by atoms with Gasteiger partial charge in [-0.1, -0.05) is 206 Å². The van der Waals surface area contributed by atoms with Gasteiger partial charge in [0.15, 0.2) is 0 Å². The molecule has 0 saturated heterocycles. The first kappa shape index (κ1) is 45.5. The molecule has 0 unspecified atom stereocenters. The summed E-state index contributed by atoms with van der Waals surface area (Å²) in [7, 11) is 0. The van der Waals surface area contributed by atoms with Gasteiger partial charge in [0.1, 0.15) is 0 Å². The third-order valence-electron chi connectivity index (χ3n) is 17.2. The minimum absolute atomic E-state index is 0.491. The molecule has 12 aromatic carbocycles. The molecule has 386 valence electrons. The lowest BCUT2D eigenvalue weighted by atomic mass is 10.0. The molecule has 83 heavy (non-hydrogen) atoms. The second-order valence-corrected chi connectivity index (χ2v) is 21.6. The molecule has 18 rings (SSSR count). The summed E-state index contributed by atoms with van der Waals surface area (Å²) in [4.78, 5) is 17.1. The monoisotopic (exact) mass is 1060 g/mol. The van der Waals surface area contributed by atoms with Gasteiger partial charge < -0.3 is 9.13 Å². The summed E-state index contributed by atoms with van der Waals surface area (Å²) >= 11 is 0. The summed E-state index contributed by atoms with van der Waals surface area (Å²) in [6.07, 6.45) is 0. The van der Waals surface area contributed by atoms with Gasteiger partial charge in [0, 0.05) is 65.2 Å². The van der Waals surface area contributed by atoms with Gasteiger partial charge in [0.25, 0.3) is 0 Å². The number of para-hydroxylation sites is 6. The van der Waals surface area contributed by atoms with Crippen LogP contribution in [-0.4, -0.2) is 37.8 Å². The Hall–Kier alpha value is -11.4. The molecule has 0 aliphatic rings. The van der Waals surface area contributed by atoms with Crippen molar-refractivity contribution in [3.8, 4) is 51.5 Å². The van der Waals surface area contributed by atoms with Crippen molar-refractivity contribution in [1.29, 1.82) is 0 Å². The molecule has 0 fully saturated rings. The summed E-state index contributed by atoms with van der Waals surface area (Å²) in [6.45, 7) is 0. The normalized spacial score (nSPS) is 12.1. The summed E-state index contributed by atoms with van der Waals surface area (Å²) in [5.74, 6) is 1.52. The van der Waals surface area contributed by atoms with Crippen LogP contribution in [0.15, 0.2) is 279 Å². The van der Waals surface area contributed by atoms with Gasteiger partial charge in [-0.15, -0.1) is 0 Å². The SMILES string of the molecule is c1ccc(-c2ccc3c4ccccc4n(-c4ccc5c6ccc(-n7c8ccccc8c8ccc(-c9ccccc9)cc87)cc6n(-c6nc(-n7c8ccccc8c8ccccc87)nc(-n7c8ccccc8c8ccccc87)n6)c5c4)c3c2)cc1. The van der Waals surface area contributed by atoms with E-state index in [1.54, 1.807) is 0 Å². The first-order chi connectivity index (χ1) is 41.2. The Morgan fingerprint density at radius 1 is 0.169 bits per heavy atom. The smallest absolute Gasteiger partial charge is 0.241 e. The maximum Gasteiger partial charge on any atom is 0.241 e. The number of aromatic nitrogens is 8. The zero-order valence-electron chi connectivity index (χ0n) is 44.6. The fourth-order valence-electron chi connectivity index (χ4n) is 13.5. The van der Waals surface area contributed by atoms with Crippen molar-refractivity contribution >= 4 is 109 Å². The standard InChI is InChI=1S/C75H46N8/c1-3-19-47(20-4-1)49-35-39-59-57-27-7-13-29-63(57)79(69(59)43-49)51-37-41-61-62-42-38-52(80-64-30-14-8-28-58(64)60-40-36-50(44-70(60)80)48-21-5-2-6-22-48)46-72(62)83(71(61)45-51)75-77-73(81-65-31-15-9-23-53(65)54-24-10-16-32-66(54)81)76-74(78-75)82-67-33-17-11-25-55(67)56-26-12-18-34-68(56)82/h1-46H. The zero-order valence-corrected chi connectivity index (χ0v) is 44.6. The molecule has 0 N–H and O–H groups in total. The Balaban J connectivity index is 0.973. The Morgan fingerprint density at radius 3 is 0.735 bits per heavy atom. The van der Waals surface area contributed by atoms with Crippen LogP contribution in [0.2, 0.25) is 0 Å². The summed E-state index contributed by atoms with van der Waals surface area (Å²) in [5.41, 5.74) is 17.2. The van der Waals surface area contributed by atoms with E-state index in [2.05, 4.69) is 302 Å². The molecule has 18 aromatic rings. The molecule has 0 amide bonds. The Labute approximate surface area is 474 Å². The molecule has 6 heterocycles. The summed E-state index contributed by atoms with van der Waals surface area (Å²) in [5, 5.41) is 11.4. The van der Waals surface area contributed by atoms with E-state index in [1.165, 1.54) is 32.7 Å². The number of nitrogens with zero attached hydrogens (tertiary/aromatic N) is 8. The van der Waals surface area contributed by atoms with Gasteiger partial charge in [-0.2, -0.15) is 15.0 Å². The highest BCUT2D eigenvalue weighted by Crippen LogP contribution is 2.42. The van der Waals surface area contributed by atoms with Crippen LogP contribution in [0, 0.1) is 0 Å². The Morgan fingerprint density at radius 2 is 0.410 bits per heavy atom. The minimum Gasteiger partial charge on any atom is -0.309 e. The molecule has 0 saturated carbocycles. The predicted molar refractivity (Wildman–Crippen MR) is 342 cm³/mol. The molecule has 6 aromatic heterocycles. The lowest BCUT2D eigenvalue weighted by Crippen LogP contribution is -2.13. The molecule has 0 atom stereocenters. The highest BCUT2D eigenvalue weighted by Gasteiger charge is 2.25. The fraction of sp³-hybridized carbons (Fsp3) is 0. The van der Waals surface area contributed by atoms with E-state index in [0.717, 1.165) is 110 Å². The molecular weight excluding hydrogens is 1010 g/mol. The highest BCUT2D eigenvalue weighted by atomic mass is 15.3. The van der Waals surface area contributed by atoms with Crippen LogP contribution in [0.25, 0.3) is 161 Å². The van der Waals surface area contributed by atoms with Crippen molar-refractivity contribution in [2.24, 2.45) is 0 Å². The van der Waals surface area contributed by atoms with Crippen LogP contribution in [0.5, 0.6) is 0 Å². The first-order valence-corrected chi connectivity index (χ1v) is 28.2.